The van der Waals surface area contributed by atoms with E-state index >= 15 is 0 Å². The Morgan fingerprint density at radius 1 is 0.850 bits per heavy atom. The summed E-state index contributed by atoms with van der Waals surface area (Å²) in [6, 6.07) is 16.8. The van der Waals surface area contributed by atoms with Gasteiger partial charge in [0.05, 0.1) is 15.9 Å². The number of nitrogens with zero attached hydrogens (tertiary/aromatic N) is 1. The van der Waals surface area contributed by atoms with Crippen LogP contribution in [0.2, 0.25) is 0 Å². The second-order valence-electron chi connectivity index (χ2n) is 4.65. The quantitative estimate of drug-likeness (QED) is 0.463. The molecule has 4 aromatic rings. The van der Waals surface area contributed by atoms with E-state index in [0.717, 1.165) is 26.9 Å². The van der Waals surface area contributed by atoms with Crippen molar-refractivity contribution in [2.45, 2.75) is 0 Å². The van der Waals surface area contributed by atoms with Crippen molar-refractivity contribution in [3.05, 3.63) is 65.8 Å². The highest BCUT2D eigenvalue weighted by Crippen LogP contribution is 2.35. The number of hydrogen-bond donors (Lipinski definition) is 0. The van der Waals surface area contributed by atoms with Crippen LogP contribution in [-0.2, 0) is 0 Å². The van der Waals surface area contributed by atoms with Crippen LogP contribution in [0.5, 0.6) is 0 Å². The largest absolute Gasteiger partial charge is 0.246 e. The Labute approximate surface area is 119 Å². The highest BCUT2D eigenvalue weighted by molar-refractivity contribution is 7.17. The topological polar surface area (TPSA) is 12.9 Å². The minimum Gasteiger partial charge on any atom is -0.246 e. The van der Waals surface area contributed by atoms with Gasteiger partial charge in [0.25, 0.3) is 0 Å². The van der Waals surface area contributed by atoms with E-state index in [1.165, 1.54) is 17.5 Å². The standard InChI is InChI=1S/C17H10FNS/c18-12-7-5-11(6-8-12)16-17-14(9-10-20-17)13-3-1-2-4-15(13)19-16/h1-10H. The molecule has 0 aliphatic heterocycles. The van der Waals surface area contributed by atoms with Gasteiger partial charge in [-0.3, -0.25) is 0 Å². The van der Waals surface area contributed by atoms with Crippen molar-refractivity contribution < 1.29 is 4.39 Å². The summed E-state index contributed by atoms with van der Waals surface area (Å²) < 4.78 is 14.2. The summed E-state index contributed by atoms with van der Waals surface area (Å²) in [4.78, 5) is 4.76. The van der Waals surface area contributed by atoms with Crippen LogP contribution in [0.4, 0.5) is 4.39 Å². The fourth-order valence-corrected chi connectivity index (χ4v) is 3.40. The average molecular weight is 279 g/mol. The maximum atomic E-state index is 13.1. The lowest BCUT2D eigenvalue weighted by Gasteiger charge is -2.06. The lowest BCUT2D eigenvalue weighted by Crippen LogP contribution is -1.87. The number of halogens is 1. The third kappa shape index (κ3) is 1.71. The Morgan fingerprint density at radius 2 is 1.65 bits per heavy atom. The number of benzene rings is 2. The van der Waals surface area contributed by atoms with Gasteiger partial charge in [0.15, 0.2) is 0 Å². The molecule has 3 heteroatoms. The fraction of sp³-hybridized carbons (Fsp3) is 0. The van der Waals surface area contributed by atoms with Crippen LogP contribution < -0.4 is 0 Å². The van der Waals surface area contributed by atoms with E-state index in [4.69, 9.17) is 4.98 Å². The van der Waals surface area contributed by atoms with Crippen LogP contribution in [0, 0.1) is 5.82 Å². The van der Waals surface area contributed by atoms with E-state index in [-0.39, 0.29) is 5.82 Å². The van der Waals surface area contributed by atoms with E-state index < -0.39 is 0 Å². The summed E-state index contributed by atoms with van der Waals surface area (Å²) in [5.74, 6) is -0.225. The maximum Gasteiger partial charge on any atom is 0.123 e. The van der Waals surface area contributed by atoms with Crippen LogP contribution in [0.1, 0.15) is 0 Å². The molecule has 0 saturated carbocycles. The minimum atomic E-state index is -0.225. The summed E-state index contributed by atoms with van der Waals surface area (Å²) in [5, 5.41) is 4.45. The fourth-order valence-electron chi connectivity index (χ4n) is 2.48. The predicted octanol–water partition coefficient (Wildman–Crippen LogP) is 5.26. The minimum absolute atomic E-state index is 0.225. The number of fused-ring (bicyclic) bond motifs is 3. The molecule has 2 heterocycles. The molecular weight excluding hydrogens is 269 g/mol. The lowest BCUT2D eigenvalue weighted by molar-refractivity contribution is 0.628. The second-order valence-corrected chi connectivity index (χ2v) is 5.56. The van der Waals surface area contributed by atoms with E-state index in [1.54, 1.807) is 23.5 Å². The molecule has 0 atom stereocenters. The molecule has 0 fully saturated rings. The zero-order valence-corrected chi connectivity index (χ0v) is 11.3. The van der Waals surface area contributed by atoms with E-state index in [0.29, 0.717) is 0 Å². The molecule has 96 valence electrons. The van der Waals surface area contributed by atoms with Gasteiger partial charge < -0.3 is 0 Å². The van der Waals surface area contributed by atoms with Gasteiger partial charge in [0.1, 0.15) is 5.82 Å². The van der Waals surface area contributed by atoms with Gasteiger partial charge in [-0.1, -0.05) is 18.2 Å². The second kappa shape index (κ2) is 4.39. The number of aromatic nitrogens is 1. The molecule has 0 amide bonds. The van der Waals surface area contributed by atoms with Crippen LogP contribution in [-0.4, -0.2) is 4.98 Å². The van der Waals surface area contributed by atoms with Crippen molar-refractivity contribution in [1.82, 2.24) is 4.98 Å². The monoisotopic (exact) mass is 279 g/mol. The molecule has 0 bridgehead atoms. The molecule has 2 aromatic heterocycles. The molecule has 0 aliphatic carbocycles. The lowest BCUT2D eigenvalue weighted by atomic mass is 10.1. The smallest absolute Gasteiger partial charge is 0.123 e. The Morgan fingerprint density at radius 3 is 2.50 bits per heavy atom. The van der Waals surface area contributed by atoms with Crippen LogP contribution in [0.25, 0.3) is 32.2 Å². The molecular formula is C17H10FNS. The van der Waals surface area contributed by atoms with E-state index in [9.17, 15) is 4.39 Å². The first-order valence-corrected chi connectivity index (χ1v) is 7.23. The van der Waals surface area contributed by atoms with Crippen molar-refractivity contribution in [1.29, 1.82) is 0 Å². The van der Waals surface area contributed by atoms with Gasteiger partial charge >= 0.3 is 0 Å². The van der Waals surface area contributed by atoms with E-state index in [1.807, 2.05) is 18.2 Å². The van der Waals surface area contributed by atoms with Crippen LogP contribution in [0.3, 0.4) is 0 Å². The molecule has 2 aromatic carbocycles. The third-order valence-electron chi connectivity index (χ3n) is 3.42. The Bertz CT molecular complexity index is 909. The summed E-state index contributed by atoms with van der Waals surface area (Å²) >= 11 is 1.67. The normalized spacial score (nSPS) is 11.2. The number of thiophene rings is 1. The van der Waals surface area contributed by atoms with Gasteiger partial charge in [-0.25, -0.2) is 9.37 Å². The molecule has 0 N–H and O–H groups in total. The molecule has 0 unspecified atom stereocenters. The van der Waals surface area contributed by atoms with Crippen LogP contribution in [0.15, 0.2) is 60.0 Å². The van der Waals surface area contributed by atoms with Gasteiger partial charge in [0.2, 0.25) is 0 Å². The molecule has 0 spiro atoms. The first-order chi connectivity index (χ1) is 9.83. The summed E-state index contributed by atoms with van der Waals surface area (Å²) in [5.41, 5.74) is 2.84. The summed E-state index contributed by atoms with van der Waals surface area (Å²) in [6.45, 7) is 0. The average Bonchev–Trinajstić information content (AvgIpc) is 2.97. The van der Waals surface area contributed by atoms with E-state index in [2.05, 4.69) is 17.5 Å². The molecule has 20 heavy (non-hydrogen) atoms. The zero-order chi connectivity index (χ0) is 13.5. The van der Waals surface area contributed by atoms with Gasteiger partial charge in [-0.05, 0) is 41.8 Å². The zero-order valence-electron chi connectivity index (χ0n) is 10.5. The maximum absolute atomic E-state index is 13.1. The van der Waals surface area contributed by atoms with Crippen molar-refractivity contribution in [2.75, 3.05) is 0 Å². The highest BCUT2D eigenvalue weighted by Gasteiger charge is 2.11. The van der Waals surface area contributed by atoms with Gasteiger partial charge in [-0.15, -0.1) is 11.3 Å². The SMILES string of the molecule is Fc1ccc(-c2nc3ccccc3c3ccsc23)cc1. The van der Waals surface area contributed by atoms with Crippen molar-refractivity contribution >= 4 is 32.3 Å². The van der Waals surface area contributed by atoms with Crippen molar-refractivity contribution in [2.24, 2.45) is 0 Å². The van der Waals surface area contributed by atoms with Crippen LogP contribution >= 0.6 is 11.3 Å². The Balaban J connectivity index is 2.11. The molecule has 0 radical (unpaired) electrons. The molecule has 0 saturated heterocycles. The number of hydrogen-bond acceptors (Lipinski definition) is 2. The highest BCUT2D eigenvalue weighted by atomic mass is 32.1. The molecule has 4 rings (SSSR count). The van der Waals surface area contributed by atoms with Gasteiger partial charge in [-0.2, -0.15) is 0 Å². The first-order valence-electron chi connectivity index (χ1n) is 6.35. The first kappa shape index (κ1) is 11.6. The number of rotatable bonds is 1. The Hall–Kier alpha value is -2.26. The number of para-hydroxylation sites is 1. The van der Waals surface area contributed by atoms with Crippen molar-refractivity contribution in [3.63, 3.8) is 0 Å². The third-order valence-corrected chi connectivity index (χ3v) is 4.35. The number of pyridine rings is 1. The van der Waals surface area contributed by atoms with Crippen molar-refractivity contribution in [3.8, 4) is 11.3 Å². The summed E-state index contributed by atoms with van der Waals surface area (Å²) in [6.07, 6.45) is 0. The predicted molar refractivity (Wildman–Crippen MR) is 82.5 cm³/mol. The Kier molecular flexibility index (Phi) is 2.54. The molecule has 1 nitrogen and oxygen atoms in total. The summed E-state index contributed by atoms with van der Waals surface area (Å²) in [7, 11) is 0. The molecule has 0 aliphatic rings. The van der Waals surface area contributed by atoms with Gasteiger partial charge in [0, 0.05) is 16.3 Å².